The highest BCUT2D eigenvalue weighted by molar-refractivity contribution is 5.88. The first-order valence-electron chi connectivity index (χ1n) is 5.22. The molecule has 0 saturated carbocycles. The van der Waals surface area contributed by atoms with Crippen LogP contribution in [0, 0.1) is 5.92 Å². The number of carbonyl (C=O) groups excluding carboxylic acids is 1. The first kappa shape index (κ1) is 12.0. The van der Waals surface area contributed by atoms with Crippen LogP contribution in [-0.4, -0.2) is 40.5 Å². The van der Waals surface area contributed by atoms with Crippen LogP contribution in [-0.2, 0) is 9.59 Å². The molecular formula is C10H18N2O3. The van der Waals surface area contributed by atoms with Crippen molar-refractivity contribution < 1.29 is 14.7 Å². The van der Waals surface area contributed by atoms with Crippen LogP contribution in [0.5, 0.6) is 0 Å². The SMILES string of the molecule is CC(C)CC(C(=O)O)N1CCC(N)C1=O. The standard InChI is InChI=1S/C10H18N2O3/c1-6(2)5-8(10(14)15)12-4-3-7(11)9(12)13/h6-8H,3-5,11H2,1-2H3,(H,14,15). The van der Waals surface area contributed by atoms with Crippen LogP contribution in [0.1, 0.15) is 26.7 Å². The van der Waals surface area contributed by atoms with Gasteiger partial charge in [-0.3, -0.25) is 4.79 Å². The van der Waals surface area contributed by atoms with Gasteiger partial charge in [0.05, 0.1) is 6.04 Å². The van der Waals surface area contributed by atoms with Gasteiger partial charge in [0, 0.05) is 6.54 Å². The smallest absolute Gasteiger partial charge is 0.326 e. The molecule has 1 saturated heterocycles. The molecule has 0 aromatic carbocycles. The van der Waals surface area contributed by atoms with Crippen molar-refractivity contribution in [3.8, 4) is 0 Å². The Morgan fingerprint density at radius 1 is 1.67 bits per heavy atom. The monoisotopic (exact) mass is 214 g/mol. The molecule has 0 bridgehead atoms. The second-order valence-corrected chi connectivity index (χ2v) is 4.41. The average Bonchev–Trinajstić information content (AvgIpc) is 2.44. The molecular weight excluding hydrogens is 196 g/mol. The Hall–Kier alpha value is -1.10. The number of aliphatic carboxylic acids is 1. The van der Waals surface area contributed by atoms with E-state index in [4.69, 9.17) is 10.8 Å². The van der Waals surface area contributed by atoms with Gasteiger partial charge in [-0.05, 0) is 18.8 Å². The van der Waals surface area contributed by atoms with E-state index in [2.05, 4.69) is 0 Å². The van der Waals surface area contributed by atoms with Crippen LogP contribution >= 0.6 is 0 Å². The van der Waals surface area contributed by atoms with Gasteiger partial charge in [-0.25, -0.2) is 4.79 Å². The van der Waals surface area contributed by atoms with Gasteiger partial charge in [-0.1, -0.05) is 13.8 Å². The molecule has 86 valence electrons. The third kappa shape index (κ3) is 2.68. The van der Waals surface area contributed by atoms with E-state index in [0.717, 1.165) is 0 Å². The molecule has 0 spiro atoms. The Bertz CT molecular complexity index is 265. The van der Waals surface area contributed by atoms with Crippen LogP contribution in [0.2, 0.25) is 0 Å². The molecule has 0 aromatic heterocycles. The fourth-order valence-electron chi connectivity index (χ4n) is 1.84. The van der Waals surface area contributed by atoms with Crippen LogP contribution < -0.4 is 5.73 Å². The van der Waals surface area contributed by atoms with Crippen molar-refractivity contribution in [2.45, 2.75) is 38.8 Å². The van der Waals surface area contributed by atoms with E-state index in [1.165, 1.54) is 4.90 Å². The number of nitrogens with two attached hydrogens (primary N) is 1. The molecule has 1 aliphatic rings. The fourth-order valence-corrected chi connectivity index (χ4v) is 1.84. The summed E-state index contributed by atoms with van der Waals surface area (Å²) in [5.74, 6) is -0.926. The molecule has 1 rings (SSSR count). The Kier molecular flexibility index (Phi) is 3.68. The van der Waals surface area contributed by atoms with E-state index < -0.39 is 18.1 Å². The van der Waals surface area contributed by atoms with Gasteiger partial charge in [0.25, 0.3) is 0 Å². The average molecular weight is 214 g/mol. The van der Waals surface area contributed by atoms with Gasteiger partial charge in [0.1, 0.15) is 6.04 Å². The van der Waals surface area contributed by atoms with Crippen molar-refractivity contribution in [1.29, 1.82) is 0 Å². The summed E-state index contributed by atoms with van der Waals surface area (Å²) in [4.78, 5) is 24.0. The lowest BCUT2D eigenvalue weighted by Gasteiger charge is -2.25. The first-order valence-corrected chi connectivity index (χ1v) is 5.22. The van der Waals surface area contributed by atoms with Gasteiger partial charge in [-0.15, -0.1) is 0 Å². The lowest BCUT2D eigenvalue weighted by molar-refractivity contribution is -0.149. The largest absolute Gasteiger partial charge is 0.480 e. The van der Waals surface area contributed by atoms with Crippen molar-refractivity contribution in [1.82, 2.24) is 4.90 Å². The van der Waals surface area contributed by atoms with Crippen molar-refractivity contribution in [3.63, 3.8) is 0 Å². The van der Waals surface area contributed by atoms with Gasteiger partial charge in [0.2, 0.25) is 5.91 Å². The van der Waals surface area contributed by atoms with E-state index >= 15 is 0 Å². The second-order valence-electron chi connectivity index (χ2n) is 4.41. The Balaban J connectivity index is 2.72. The molecule has 5 nitrogen and oxygen atoms in total. The summed E-state index contributed by atoms with van der Waals surface area (Å²) in [6.07, 6.45) is 1.04. The normalized spacial score (nSPS) is 23.6. The summed E-state index contributed by atoms with van der Waals surface area (Å²) in [5, 5.41) is 9.05. The highest BCUT2D eigenvalue weighted by Crippen LogP contribution is 2.18. The summed E-state index contributed by atoms with van der Waals surface area (Å²) in [7, 11) is 0. The molecule has 3 N–H and O–H groups in total. The highest BCUT2D eigenvalue weighted by Gasteiger charge is 2.37. The van der Waals surface area contributed by atoms with Crippen LogP contribution in [0.3, 0.4) is 0 Å². The molecule has 2 atom stereocenters. The second kappa shape index (κ2) is 4.61. The Morgan fingerprint density at radius 2 is 2.27 bits per heavy atom. The van der Waals surface area contributed by atoms with Crippen LogP contribution in [0.4, 0.5) is 0 Å². The third-order valence-corrected chi connectivity index (χ3v) is 2.64. The summed E-state index contributed by atoms with van der Waals surface area (Å²) in [5.41, 5.74) is 5.55. The number of carboxylic acid groups (broad SMARTS) is 1. The molecule has 1 fully saturated rings. The number of nitrogens with zero attached hydrogens (tertiary/aromatic N) is 1. The maximum absolute atomic E-state index is 11.6. The minimum atomic E-state index is -0.939. The minimum Gasteiger partial charge on any atom is -0.480 e. The van der Waals surface area contributed by atoms with Crippen molar-refractivity contribution in [3.05, 3.63) is 0 Å². The fraction of sp³-hybridized carbons (Fsp3) is 0.800. The molecule has 2 unspecified atom stereocenters. The van der Waals surface area contributed by atoms with Crippen LogP contribution in [0.15, 0.2) is 0 Å². The maximum atomic E-state index is 11.6. The summed E-state index contributed by atoms with van der Waals surface area (Å²) >= 11 is 0. The third-order valence-electron chi connectivity index (χ3n) is 2.64. The predicted molar refractivity (Wildman–Crippen MR) is 55.2 cm³/mol. The number of amides is 1. The number of likely N-dealkylation sites (tertiary alicyclic amines) is 1. The van der Waals surface area contributed by atoms with E-state index in [-0.39, 0.29) is 11.8 Å². The quantitative estimate of drug-likeness (QED) is 0.692. The predicted octanol–water partition coefficient (Wildman–Crippen LogP) is 0.0453. The molecule has 5 heteroatoms. The molecule has 1 aliphatic heterocycles. The molecule has 15 heavy (non-hydrogen) atoms. The lowest BCUT2D eigenvalue weighted by atomic mass is 10.0. The molecule has 0 aromatic rings. The van der Waals surface area contributed by atoms with E-state index in [1.54, 1.807) is 0 Å². The van der Waals surface area contributed by atoms with E-state index in [1.807, 2.05) is 13.8 Å². The van der Waals surface area contributed by atoms with Crippen molar-refractivity contribution >= 4 is 11.9 Å². The lowest BCUT2D eigenvalue weighted by Crippen LogP contribution is -2.45. The topological polar surface area (TPSA) is 83.6 Å². The number of hydrogen-bond acceptors (Lipinski definition) is 3. The van der Waals surface area contributed by atoms with Crippen molar-refractivity contribution in [2.24, 2.45) is 11.7 Å². The zero-order chi connectivity index (χ0) is 11.6. The van der Waals surface area contributed by atoms with E-state index in [0.29, 0.717) is 19.4 Å². The first-order chi connectivity index (χ1) is 6.93. The summed E-state index contributed by atoms with van der Waals surface area (Å²) < 4.78 is 0. The molecule has 0 radical (unpaired) electrons. The van der Waals surface area contributed by atoms with E-state index in [9.17, 15) is 9.59 Å². The highest BCUT2D eigenvalue weighted by atomic mass is 16.4. The Labute approximate surface area is 89.2 Å². The van der Waals surface area contributed by atoms with Gasteiger partial charge >= 0.3 is 5.97 Å². The van der Waals surface area contributed by atoms with Crippen molar-refractivity contribution in [2.75, 3.05) is 6.54 Å². The maximum Gasteiger partial charge on any atom is 0.326 e. The number of hydrogen-bond donors (Lipinski definition) is 2. The minimum absolute atomic E-state index is 0.233. The number of carboxylic acids is 1. The van der Waals surface area contributed by atoms with Crippen LogP contribution in [0.25, 0.3) is 0 Å². The van der Waals surface area contributed by atoms with Gasteiger partial charge in [0.15, 0.2) is 0 Å². The zero-order valence-corrected chi connectivity index (χ0v) is 9.14. The molecule has 1 amide bonds. The zero-order valence-electron chi connectivity index (χ0n) is 9.14. The van der Waals surface area contributed by atoms with Gasteiger partial charge in [-0.2, -0.15) is 0 Å². The summed E-state index contributed by atoms with van der Waals surface area (Å²) in [6, 6.07) is -1.23. The molecule has 0 aliphatic carbocycles. The number of rotatable bonds is 4. The summed E-state index contributed by atoms with van der Waals surface area (Å²) in [6.45, 7) is 4.34. The molecule has 1 heterocycles. The van der Waals surface area contributed by atoms with Gasteiger partial charge < -0.3 is 15.7 Å². The Morgan fingerprint density at radius 3 is 2.60 bits per heavy atom. The number of carbonyl (C=O) groups is 2.